The summed E-state index contributed by atoms with van der Waals surface area (Å²) in [6, 6.07) is 0. The molecule has 0 spiro atoms. The van der Waals surface area contributed by atoms with Gasteiger partial charge in [0.25, 0.3) is 0 Å². The molecule has 0 heterocycles. The van der Waals surface area contributed by atoms with E-state index < -0.39 is 32.1 Å². The molecule has 0 saturated heterocycles. The van der Waals surface area contributed by atoms with Crippen LogP contribution in [0.25, 0.3) is 0 Å². The first-order chi connectivity index (χ1) is 5.31. The summed E-state index contributed by atoms with van der Waals surface area (Å²) in [7, 11) is -4.73. The van der Waals surface area contributed by atoms with Crippen LogP contribution in [-0.2, 0) is 9.36 Å². The second-order valence-corrected chi connectivity index (χ2v) is 3.51. The number of nitrogens with two attached hydrogens (primary N) is 1. The third kappa shape index (κ3) is 15.6. The fourth-order valence-electron chi connectivity index (χ4n) is 0.418. The number of aliphatic imine (C=N–C) groups is 1. The van der Waals surface area contributed by atoms with E-state index >= 15 is 0 Å². The van der Waals surface area contributed by atoms with Crippen molar-refractivity contribution in [3.05, 3.63) is 0 Å². The minimum absolute atomic E-state index is 0. The second-order valence-electron chi connectivity index (χ2n) is 1.97. The summed E-state index contributed by atoms with van der Waals surface area (Å²) in [4.78, 5) is 33.1. The number of nitrogens with zero attached hydrogens (tertiary/aromatic N) is 1. The summed E-state index contributed by atoms with van der Waals surface area (Å²) in [6.45, 7) is -0.633. The fourth-order valence-corrected chi connectivity index (χ4v) is 0.914. The third-order valence-electron chi connectivity index (χ3n) is 0.773. The Hall–Kier alpha value is 1.09. The Morgan fingerprint density at radius 1 is 1.43 bits per heavy atom. The molecule has 0 fully saturated rings. The first kappa shape index (κ1) is 20.5. The van der Waals surface area contributed by atoms with Gasteiger partial charge in [0.2, 0.25) is 0 Å². The number of hydrogen-bond donors (Lipinski definition) is 2. The van der Waals surface area contributed by atoms with E-state index in [-0.39, 0.29) is 59.1 Å². The van der Waals surface area contributed by atoms with Gasteiger partial charge in [-0.25, -0.2) is 0 Å². The molecule has 0 radical (unpaired) electrons. The Morgan fingerprint density at radius 2 is 1.86 bits per heavy atom. The van der Waals surface area contributed by atoms with Crippen molar-refractivity contribution in [2.75, 3.05) is 12.7 Å². The van der Waals surface area contributed by atoms with Crippen molar-refractivity contribution in [3.63, 3.8) is 0 Å². The molecule has 0 atom stereocenters. The second kappa shape index (κ2) is 9.33. The van der Waals surface area contributed by atoms with Crippen LogP contribution in [0.1, 0.15) is 0 Å². The van der Waals surface area contributed by atoms with Gasteiger partial charge in [-0.2, -0.15) is 0 Å². The van der Waals surface area contributed by atoms with Crippen LogP contribution in [0.4, 0.5) is 0 Å². The monoisotopic (exact) mass is 240 g/mol. The molecular formula is C4H7N2Na2O5P. The van der Waals surface area contributed by atoms with E-state index in [1.54, 1.807) is 0 Å². The Kier molecular flexibility index (Phi) is 13.7. The molecule has 0 saturated carbocycles. The summed E-state index contributed by atoms with van der Waals surface area (Å²) in [5.41, 5.74) is 4.92. The van der Waals surface area contributed by atoms with Gasteiger partial charge in [0.1, 0.15) is 6.54 Å². The SMILES string of the molecule is NC(CP(=O)([O-])[O-])=NCC(=O)O.[Na+].[Na+]. The van der Waals surface area contributed by atoms with Crippen LogP contribution < -0.4 is 74.6 Å². The van der Waals surface area contributed by atoms with Crippen molar-refractivity contribution >= 4 is 19.4 Å². The quantitative estimate of drug-likeness (QED) is 0.216. The van der Waals surface area contributed by atoms with Crippen LogP contribution in [0.3, 0.4) is 0 Å². The molecule has 7 nitrogen and oxygen atoms in total. The topological polar surface area (TPSA) is 139 Å². The largest absolute Gasteiger partial charge is 1.00 e. The van der Waals surface area contributed by atoms with Gasteiger partial charge >= 0.3 is 65.1 Å². The average Bonchev–Trinajstić information content (AvgIpc) is 1.79. The summed E-state index contributed by atoms with van der Waals surface area (Å²) in [6.07, 6.45) is -0.930. The standard InChI is InChI=1S/C4H9N2O5P.2Na/c5-3(2-12(9,10)11)6-1-4(7)8;;/h1-2H2,(H2,5,6)(H,7,8)(H2,9,10,11);;/q;2*+1/p-2. The summed E-state index contributed by atoms with van der Waals surface area (Å²) in [5, 5.41) is 8.07. The number of carbonyl (C=O) groups is 1. The van der Waals surface area contributed by atoms with Crippen LogP contribution in [-0.4, -0.2) is 29.6 Å². The van der Waals surface area contributed by atoms with Crippen LogP contribution in [0.2, 0.25) is 0 Å². The van der Waals surface area contributed by atoms with E-state index in [9.17, 15) is 19.1 Å². The predicted octanol–water partition coefficient (Wildman–Crippen LogP) is -8.65. The minimum Gasteiger partial charge on any atom is -0.810 e. The zero-order chi connectivity index (χ0) is 9.78. The Bertz CT molecular complexity index is 252. The van der Waals surface area contributed by atoms with Gasteiger partial charge in [0.15, 0.2) is 0 Å². The van der Waals surface area contributed by atoms with E-state index in [2.05, 4.69) is 4.99 Å². The smallest absolute Gasteiger partial charge is 0.810 e. The Labute approximate surface area is 125 Å². The molecule has 0 aliphatic rings. The first-order valence-corrected chi connectivity index (χ1v) is 4.56. The van der Waals surface area contributed by atoms with Crippen LogP contribution >= 0.6 is 7.60 Å². The minimum atomic E-state index is -4.73. The van der Waals surface area contributed by atoms with Crippen LogP contribution in [0.15, 0.2) is 4.99 Å². The zero-order valence-corrected chi connectivity index (χ0v) is 12.9. The molecule has 0 unspecified atom stereocenters. The van der Waals surface area contributed by atoms with Gasteiger partial charge < -0.3 is 25.2 Å². The van der Waals surface area contributed by atoms with Crippen LogP contribution in [0.5, 0.6) is 0 Å². The molecule has 14 heavy (non-hydrogen) atoms. The van der Waals surface area contributed by atoms with Gasteiger partial charge in [0, 0.05) is 6.16 Å². The van der Waals surface area contributed by atoms with E-state index in [1.807, 2.05) is 0 Å². The maximum absolute atomic E-state index is 10.1. The number of aliphatic carboxylic acids is 1. The maximum atomic E-state index is 10.1. The van der Waals surface area contributed by atoms with Crippen molar-refractivity contribution in [2.24, 2.45) is 10.7 Å². The molecule has 0 aromatic rings. The Balaban J connectivity index is -0.000000605. The Morgan fingerprint density at radius 3 is 2.14 bits per heavy atom. The molecule has 3 N–H and O–H groups in total. The summed E-state index contributed by atoms with van der Waals surface area (Å²) in [5.74, 6) is -1.73. The van der Waals surface area contributed by atoms with Gasteiger partial charge in [0.05, 0.1) is 5.84 Å². The van der Waals surface area contributed by atoms with Gasteiger partial charge in [-0.15, -0.1) is 0 Å². The van der Waals surface area contributed by atoms with Gasteiger partial charge in [-0.05, 0) is 0 Å². The van der Waals surface area contributed by atoms with Gasteiger partial charge in [-0.3, -0.25) is 9.79 Å². The van der Waals surface area contributed by atoms with Crippen molar-refractivity contribution in [3.8, 4) is 0 Å². The van der Waals surface area contributed by atoms with Gasteiger partial charge in [-0.1, -0.05) is 7.60 Å². The zero-order valence-electron chi connectivity index (χ0n) is 7.97. The fraction of sp³-hybridized carbons (Fsp3) is 0.500. The van der Waals surface area contributed by atoms with Crippen molar-refractivity contribution < 1.29 is 83.4 Å². The predicted molar refractivity (Wildman–Crippen MR) is 36.6 cm³/mol. The molecule has 0 aromatic heterocycles. The number of amidine groups is 1. The van der Waals surface area contributed by atoms with Crippen molar-refractivity contribution in [1.29, 1.82) is 0 Å². The van der Waals surface area contributed by atoms with Crippen molar-refractivity contribution in [1.82, 2.24) is 0 Å². The molecule has 0 aliphatic heterocycles. The van der Waals surface area contributed by atoms with E-state index in [1.165, 1.54) is 0 Å². The molecule has 70 valence electrons. The first-order valence-electron chi connectivity index (χ1n) is 2.83. The summed E-state index contributed by atoms with van der Waals surface area (Å²) >= 11 is 0. The molecule has 0 rings (SSSR count). The maximum Gasteiger partial charge on any atom is 1.00 e. The third-order valence-corrected chi connectivity index (χ3v) is 1.48. The molecular weight excluding hydrogens is 233 g/mol. The molecule has 10 heteroatoms. The molecule has 0 aliphatic carbocycles. The normalized spacial score (nSPS) is 11.1. The number of carboxylic acid groups (broad SMARTS) is 1. The number of hydrogen-bond acceptors (Lipinski definition) is 5. The number of rotatable bonds is 4. The van der Waals surface area contributed by atoms with Crippen LogP contribution in [0, 0.1) is 0 Å². The average molecular weight is 240 g/mol. The van der Waals surface area contributed by atoms with E-state index in [0.29, 0.717) is 0 Å². The number of carboxylic acids is 1. The van der Waals surface area contributed by atoms with E-state index in [0.717, 1.165) is 0 Å². The molecule has 0 aromatic carbocycles. The summed E-state index contributed by atoms with van der Waals surface area (Å²) < 4.78 is 10.1. The molecule has 0 bridgehead atoms. The van der Waals surface area contributed by atoms with E-state index in [4.69, 9.17) is 10.8 Å². The van der Waals surface area contributed by atoms with Crippen molar-refractivity contribution in [2.45, 2.75) is 0 Å². The molecule has 0 amide bonds.